The molecule has 0 spiro atoms. The minimum Gasteiger partial charge on any atom is -0.493 e. The summed E-state index contributed by atoms with van der Waals surface area (Å²) in [6.07, 6.45) is 4.31. The van der Waals surface area contributed by atoms with Crippen molar-refractivity contribution < 1.29 is 9.47 Å². The predicted molar refractivity (Wildman–Crippen MR) is 378 cm³/mol. The van der Waals surface area contributed by atoms with Crippen LogP contribution < -0.4 is 9.47 Å². The van der Waals surface area contributed by atoms with Gasteiger partial charge < -0.3 is 18.6 Å². The molecule has 12 aromatic rings. The Morgan fingerprint density at radius 3 is 1.16 bits per heavy atom. The van der Waals surface area contributed by atoms with Gasteiger partial charge in [-0.2, -0.15) is 0 Å². The topological polar surface area (TPSA) is 28.3 Å². The number of rotatable bonds is 11. The quantitative estimate of drug-likeness (QED) is 0.121. The van der Waals surface area contributed by atoms with E-state index in [0.717, 1.165) is 61.5 Å². The minimum absolute atomic E-state index is 0.124. The first-order valence-corrected chi connectivity index (χ1v) is 32.0. The highest BCUT2D eigenvalue weighted by atomic mass is 16.5. The summed E-state index contributed by atoms with van der Waals surface area (Å²) in [5, 5.41) is 10.2. The molecule has 2 heterocycles. The number of aryl methyl sites for hydroxylation is 3. The van der Waals surface area contributed by atoms with E-state index in [9.17, 15) is 0 Å². The molecule has 0 aliphatic carbocycles. The van der Waals surface area contributed by atoms with Gasteiger partial charge in [-0.25, -0.2) is 0 Å². The van der Waals surface area contributed by atoms with Gasteiger partial charge in [0.05, 0.1) is 35.3 Å². The number of ether oxygens (including phenoxy) is 2. The van der Waals surface area contributed by atoms with E-state index in [-0.39, 0.29) is 21.7 Å². The molecule has 12 rings (SSSR count). The molecule has 0 N–H and O–H groups in total. The second-order valence-electron chi connectivity index (χ2n) is 28.5. The molecule has 0 amide bonds. The molecule has 0 fully saturated rings. The Morgan fingerprint density at radius 1 is 0.310 bits per heavy atom. The zero-order chi connectivity index (χ0) is 62.2. The molecule has 2 aromatic heterocycles. The van der Waals surface area contributed by atoms with Crippen molar-refractivity contribution in [2.24, 2.45) is 0 Å². The number of benzene rings is 10. The van der Waals surface area contributed by atoms with Crippen LogP contribution in [-0.2, 0) is 21.7 Å². The van der Waals surface area contributed by atoms with Crippen molar-refractivity contribution in [3.8, 4) is 34.0 Å². The molecule has 10 aromatic carbocycles. The molecule has 0 bridgehead atoms. The van der Waals surface area contributed by atoms with Gasteiger partial charge in [-0.05, 0) is 189 Å². The van der Waals surface area contributed by atoms with Crippen LogP contribution >= 0.6 is 0 Å². The van der Waals surface area contributed by atoms with Crippen LogP contribution in [0.15, 0.2) is 188 Å². The van der Waals surface area contributed by atoms with Crippen LogP contribution in [0.2, 0.25) is 0 Å². The molecule has 0 saturated carbocycles. The van der Waals surface area contributed by atoms with Crippen molar-refractivity contribution in [2.45, 2.75) is 165 Å². The maximum absolute atomic E-state index is 6.34. The van der Waals surface area contributed by atoms with E-state index in [0.29, 0.717) is 0 Å². The molecule has 4 heteroatoms. The van der Waals surface area contributed by atoms with Gasteiger partial charge in [0.25, 0.3) is 0 Å². The molecule has 0 aliphatic heterocycles. The van der Waals surface area contributed by atoms with Gasteiger partial charge in [0, 0.05) is 44.0 Å². The zero-order valence-corrected chi connectivity index (χ0v) is 55.4. The van der Waals surface area contributed by atoms with Crippen LogP contribution in [0, 0.1) is 20.8 Å². The number of hydrogen-bond donors (Lipinski definition) is 0. The molecule has 0 radical (unpaired) electrons. The summed E-state index contributed by atoms with van der Waals surface area (Å²) in [6, 6.07) is 69.4. The highest BCUT2D eigenvalue weighted by Gasteiger charge is 2.24. The third kappa shape index (κ3) is 13.3. The van der Waals surface area contributed by atoms with Gasteiger partial charge in [-0.3, -0.25) is 0 Å². The van der Waals surface area contributed by atoms with E-state index in [4.69, 9.17) is 9.47 Å². The molecule has 448 valence electrons. The van der Waals surface area contributed by atoms with Crippen LogP contribution in [0.1, 0.15) is 162 Å². The lowest BCUT2D eigenvalue weighted by atomic mass is 9.85. The first-order chi connectivity index (χ1) is 41.3. The molecule has 4 nitrogen and oxygen atoms in total. The SMILES string of the molecule is CCCCOc1ccc2ccccc2c1-c1c(OCCCC)ccc2cc(C)ccc12.Cc1cccc(-n2c3ccc(C(C)(C)C)cc3c3cc(C(C)(C)C)ccc32)c1.Cc1cccc(-n2c3ccc(C(C)(C)C)cc3c3ccc(C(C)(C)C)cc32)c1. The lowest BCUT2D eigenvalue weighted by molar-refractivity contribution is 0.306. The first kappa shape index (κ1) is 62.0. The Bertz CT molecular complexity index is 4360. The summed E-state index contributed by atoms with van der Waals surface area (Å²) >= 11 is 0. The summed E-state index contributed by atoms with van der Waals surface area (Å²) in [5.41, 5.74) is 19.7. The van der Waals surface area contributed by atoms with Crippen LogP contribution in [0.25, 0.3) is 87.7 Å². The van der Waals surface area contributed by atoms with Crippen LogP contribution in [0.4, 0.5) is 0 Å². The zero-order valence-electron chi connectivity index (χ0n) is 55.4. The number of unbranched alkanes of at least 4 members (excludes halogenated alkanes) is 2. The van der Waals surface area contributed by atoms with E-state index in [1.807, 2.05) is 0 Å². The van der Waals surface area contributed by atoms with Crippen LogP contribution in [-0.4, -0.2) is 22.3 Å². The van der Waals surface area contributed by atoms with E-state index < -0.39 is 0 Å². The predicted octanol–water partition coefficient (Wildman–Crippen LogP) is 23.7. The van der Waals surface area contributed by atoms with Crippen LogP contribution in [0.5, 0.6) is 11.5 Å². The van der Waals surface area contributed by atoms with Gasteiger partial charge in [-0.1, -0.05) is 225 Å². The van der Waals surface area contributed by atoms with Gasteiger partial charge in [0.2, 0.25) is 0 Å². The fourth-order valence-electron chi connectivity index (χ4n) is 12.1. The highest BCUT2D eigenvalue weighted by molar-refractivity contribution is 6.12. The smallest absolute Gasteiger partial charge is 0.127 e. The third-order valence-corrected chi connectivity index (χ3v) is 17.3. The number of fused-ring (bicyclic) bond motifs is 8. The molecule has 0 atom stereocenters. The summed E-state index contributed by atoms with van der Waals surface area (Å²) in [7, 11) is 0. The normalized spacial score (nSPS) is 12.2. The first-order valence-electron chi connectivity index (χ1n) is 32.0. The number of aromatic nitrogens is 2. The van der Waals surface area contributed by atoms with Crippen molar-refractivity contribution in [1.29, 1.82) is 0 Å². The molecule has 87 heavy (non-hydrogen) atoms. The average Bonchev–Trinajstić information content (AvgIpc) is 1.70. The lowest BCUT2D eigenvalue weighted by Gasteiger charge is -2.20. The number of nitrogens with zero attached hydrogens (tertiary/aromatic N) is 2. The third-order valence-electron chi connectivity index (χ3n) is 17.3. The Morgan fingerprint density at radius 2 is 0.701 bits per heavy atom. The Labute approximate surface area is 520 Å². The average molecular weight is 1150 g/mol. The van der Waals surface area contributed by atoms with Gasteiger partial charge >= 0.3 is 0 Å². The van der Waals surface area contributed by atoms with Gasteiger partial charge in [-0.15, -0.1) is 0 Å². The van der Waals surface area contributed by atoms with E-state index in [2.05, 4.69) is 315 Å². The van der Waals surface area contributed by atoms with E-state index >= 15 is 0 Å². The lowest BCUT2D eigenvalue weighted by Crippen LogP contribution is -2.10. The fraction of sp³-hybridized carbons (Fsp3) is 0.325. The van der Waals surface area contributed by atoms with Crippen molar-refractivity contribution in [3.05, 3.63) is 227 Å². The molecular formula is C83H94N2O2. The van der Waals surface area contributed by atoms with E-state index in [1.165, 1.54) is 115 Å². The summed E-state index contributed by atoms with van der Waals surface area (Å²) in [6.45, 7) is 39.7. The molecule has 0 aliphatic rings. The van der Waals surface area contributed by atoms with Crippen molar-refractivity contribution in [2.75, 3.05) is 13.2 Å². The van der Waals surface area contributed by atoms with E-state index in [1.54, 1.807) is 0 Å². The van der Waals surface area contributed by atoms with Crippen LogP contribution in [0.3, 0.4) is 0 Å². The monoisotopic (exact) mass is 1150 g/mol. The summed E-state index contributed by atoms with van der Waals surface area (Å²) in [5.74, 6) is 1.86. The Hall–Kier alpha value is -8.08. The van der Waals surface area contributed by atoms with Gasteiger partial charge in [0.1, 0.15) is 11.5 Å². The maximum atomic E-state index is 6.34. The maximum Gasteiger partial charge on any atom is 0.127 e. The second kappa shape index (κ2) is 25.0. The highest BCUT2D eigenvalue weighted by Crippen LogP contribution is 2.46. The molecule has 0 saturated heterocycles. The molecular weight excluding hydrogens is 1060 g/mol. The number of hydrogen-bond acceptors (Lipinski definition) is 2. The Balaban J connectivity index is 0.000000145. The Kier molecular flexibility index (Phi) is 17.8. The summed E-state index contributed by atoms with van der Waals surface area (Å²) in [4.78, 5) is 0. The van der Waals surface area contributed by atoms with Crippen molar-refractivity contribution in [1.82, 2.24) is 9.13 Å². The standard InChI is InChI=1S/C29H32O2.2C27H31N/c1-4-6-18-30-26-16-13-22-10-8-9-11-24(22)28(26)29-25-15-12-21(3)20-23(25)14-17-27(29)31-19-7-5-2;1-18-9-8-10-21(15-18)28-24-14-12-19(26(2,3)4)16-23(24)22-13-11-20(17-25(22)28)27(5,6)7;1-18-9-8-10-21(15-18)28-24-13-11-19(26(2,3)4)16-22(24)23-17-20(27(5,6)7)12-14-25(23)28/h8-17,20H,4-7,18-19H2,1-3H3;2*8-17H,1-7H3. The van der Waals surface area contributed by atoms with Gasteiger partial charge in [0.15, 0.2) is 0 Å². The largest absolute Gasteiger partial charge is 0.493 e. The van der Waals surface area contributed by atoms with Crippen molar-refractivity contribution in [3.63, 3.8) is 0 Å². The van der Waals surface area contributed by atoms with Crippen molar-refractivity contribution >= 4 is 65.2 Å². The summed E-state index contributed by atoms with van der Waals surface area (Å²) < 4.78 is 17.5. The second-order valence-corrected chi connectivity index (χ2v) is 28.5. The molecule has 0 unspecified atom stereocenters. The fourth-order valence-corrected chi connectivity index (χ4v) is 12.1. The minimum atomic E-state index is 0.124.